The lowest BCUT2D eigenvalue weighted by molar-refractivity contribution is 0.179. The zero-order chi connectivity index (χ0) is 27.7. The summed E-state index contributed by atoms with van der Waals surface area (Å²) in [5.41, 5.74) is 9.64. The van der Waals surface area contributed by atoms with Gasteiger partial charge in [0, 0.05) is 61.1 Å². The molecule has 0 saturated carbocycles. The van der Waals surface area contributed by atoms with Crippen molar-refractivity contribution in [1.82, 2.24) is 9.88 Å². The maximum absolute atomic E-state index is 14.9. The molecule has 5 rings (SSSR count). The number of halogens is 2. The number of nitrogens with two attached hydrogens (primary N) is 1. The third-order valence-electron chi connectivity index (χ3n) is 7.32. The van der Waals surface area contributed by atoms with Crippen molar-refractivity contribution in [2.75, 3.05) is 57.6 Å². The highest BCUT2D eigenvalue weighted by Gasteiger charge is 2.29. The van der Waals surface area contributed by atoms with Crippen LogP contribution < -0.4 is 20.1 Å². The van der Waals surface area contributed by atoms with Gasteiger partial charge < -0.3 is 34.5 Å². The van der Waals surface area contributed by atoms with Crippen molar-refractivity contribution < 1.29 is 27.8 Å². The van der Waals surface area contributed by atoms with Crippen molar-refractivity contribution in [2.24, 2.45) is 0 Å². The minimum absolute atomic E-state index is 0.0379. The molecule has 0 aliphatic carbocycles. The van der Waals surface area contributed by atoms with Crippen LogP contribution in [0.5, 0.6) is 11.5 Å². The van der Waals surface area contributed by atoms with Gasteiger partial charge in [-0.15, -0.1) is 0 Å². The maximum Gasteiger partial charge on any atom is 0.174 e. The number of furan rings is 1. The van der Waals surface area contributed by atoms with Crippen LogP contribution in [0.2, 0.25) is 0 Å². The summed E-state index contributed by atoms with van der Waals surface area (Å²) in [7, 11) is 2.49. The first-order valence-electron chi connectivity index (χ1n) is 12.8. The third kappa shape index (κ3) is 5.22. The van der Waals surface area contributed by atoms with Crippen LogP contribution in [-0.2, 0) is 6.42 Å². The Balaban J connectivity index is 1.37. The summed E-state index contributed by atoms with van der Waals surface area (Å²) in [5.74, 6) is -2.62. The number of ether oxygens (including phenoxy) is 2. The Morgan fingerprint density at radius 3 is 2.33 bits per heavy atom. The molecule has 206 valence electrons. The second-order valence-corrected chi connectivity index (χ2v) is 9.57. The van der Waals surface area contributed by atoms with Crippen LogP contribution in [-0.4, -0.2) is 61.9 Å². The average molecular weight is 539 g/mol. The SMILES string of the molecule is CCN1CCN(c2ccc(Cc3cc4cc(C(O)c5c(F)c(OC)cc(OC)c5F)oc4cn3)c(N)c2)CC1. The van der Waals surface area contributed by atoms with Crippen LogP contribution in [0.15, 0.2) is 47.0 Å². The number of nitrogen functional groups attached to an aromatic ring is 1. The Morgan fingerprint density at radius 1 is 1.03 bits per heavy atom. The number of hydrogen-bond acceptors (Lipinski definition) is 8. The molecule has 1 aliphatic rings. The van der Waals surface area contributed by atoms with Gasteiger partial charge in [0.1, 0.15) is 11.9 Å². The molecule has 39 heavy (non-hydrogen) atoms. The van der Waals surface area contributed by atoms with E-state index in [0.717, 1.165) is 55.7 Å². The van der Waals surface area contributed by atoms with Gasteiger partial charge in [-0.05, 0) is 36.4 Å². The van der Waals surface area contributed by atoms with Gasteiger partial charge in [-0.3, -0.25) is 4.98 Å². The molecule has 0 spiro atoms. The van der Waals surface area contributed by atoms with Crippen molar-refractivity contribution in [3.63, 3.8) is 0 Å². The Labute approximate surface area is 225 Å². The molecule has 3 N–H and O–H groups in total. The smallest absolute Gasteiger partial charge is 0.174 e. The molecular weight excluding hydrogens is 506 g/mol. The topological polar surface area (TPSA) is 97.2 Å². The lowest BCUT2D eigenvalue weighted by Crippen LogP contribution is -2.46. The van der Waals surface area contributed by atoms with Gasteiger partial charge in [-0.25, -0.2) is 8.78 Å². The van der Waals surface area contributed by atoms with E-state index in [0.29, 0.717) is 23.1 Å². The van der Waals surface area contributed by atoms with E-state index in [1.165, 1.54) is 20.4 Å². The summed E-state index contributed by atoms with van der Waals surface area (Å²) < 4.78 is 45.5. The molecule has 1 saturated heterocycles. The van der Waals surface area contributed by atoms with E-state index in [9.17, 15) is 13.9 Å². The number of aliphatic hydroxyl groups excluding tert-OH is 1. The number of pyridine rings is 1. The van der Waals surface area contributed by atoms with E-state index >= 15 is 0 Å². The standard InChI is InChI=1S/C29H32F2N4O4/c1-4-34-7-9-35(10-8-34)20-6-5-17(21(32)14-20)11-19-12-18-13-24(39-25(18)16-33-19)29(36)26-27(30)22(37-2)15-23(38-3)28(26)31/h5-6,12-16,29,36H,4,7-11,32H2,1-3H3. The number of nitrogens with zero attached hydrogens (tertiary/aromatic N) is 3. The van der Waals surface area contributed by atoms with Crippen LogP contribution >= 0.6 is 0 Å². The molecule has 1 unspecified atom stereocenters. The minimum Gasteiger partial charge on any atom is -0.494 e. The second kappa shape index (κ2) is 11.1. The highest BCUT2D eigenvalue weighted by Crippen LogP contribution is 2.38. The molecule has 1 aliphatic heterocycles. The first-order chi connectivity index (χ1) is 18.8. The van der Waals surface area contributed by atoms with E-state index in [4.69, 9.17) is 19.6 Å². The summed E-state index contributed by atoms with van der Waals surface area (Å²) in [5, 5.41) is 11.5. The van der Waals surface area contributed by atoms with Crippen molar-refractivity contribution in [2.45, 2.75) is 19.4 Å². The normalized spacial score (nSPS) is 15.1. The molecule has 2 aromatic carbocycles. The number of aliphatic hydroxyl groups is 1. The van der Waals surface area contributed by atoms with Crippen LogP contribution in [0.3, 0.4) is 0 Å². The van der Waals surface area contributed by atoms with Gasteiger partial charge in [-0.2, -0.15) is 0 Å². The van der Waals surface area contributed by atoms with E-state index in [2.05, 4.69) is 27.8 Å². The number of benzene rings is 2. The van der Waals surface area contributed by atoms with Crippen molar-refractivity contribution >= 4 is 22.3 Å². The van der Waals surface area contributed by atoms with Crippen LogP contribution in [0, 0.1) is 11.6 Å². The zero-order valence-electron chi connectivity index (χ0n) is 22.2. The largest absolute Gasteiger partial charge is 0.494 e. The van der Waals surface area contributed by atoms with Crippen molar-refractivity contribution in [3.8, 4) is 11.5 Å². The summed E-state index contributed by atoms with van der Waals surface area (Å²) in [6, 6.07) is 10.6. The number of hydrogen-bond donors (Lipinski definition) is 2. The number of fused-ring (bicyclic) bond motifs is 1. The molecule has 0 radical (unpaired) electrons. The molecule has 1 atom stereocenters. The average Bonchev–Trinajstić information content (AvgIpc) is 3.38. The van der Waals surface area contributed by atoms with E-state index in [1.54, 1.807) is 6.07 Å². The molecule has 8 nitrogen and oxygen atoms in total. The van der Waals surface area contributed by atoms with Crippen LogP contribution in [0.25, 0.3) is 11.0 Å². The number of likely N-dealkylation sites (N-methyl/N-ethyl adjacent to an activating group) is 1. The molecule has 2 aromatic heterocycles. The number of rotatable bonds is 8. The molecule has 3 heterocycles. The minimum atomic E-state index is -1.73. The summed E-state index contributed by atoms with van der Waals surface area (Å²) in [6.07, 6.45) is 0.287. The zero-order valence-corrected chi connectivity index (χ0v) is 22.2. The van der Waals surface area contributed by atoms with Gasteiger partial charge in [0.05, 0.1) is 26.0 Å². The first-order valence-corrected chi connectivity index (χ1v) is 12.8. The van der Waals surface area contributed by atoms with Crippen molar-refractivity contribution in [3.05, 3.63) is 76.8 Å². The summed E-state index contributed by atoms with van der Waals surface area (Å²) in [4.78, 5) is 9.25. The highest BCUT2D eigenvalue weighted by atomic mass is 19.1. The number of anilines is 2. The molecular formula is C29H32F2N4O4. The van der Waals surface area contributed by atoms with Crippen molar-refractivity contribution in [1.29, 1.82) is 0 Å². The maximum atomic E-state index is 14.9. The lowest BCUT2D eigenvalue weighted by atomic mass is 10.0. The fourth-order valence-electron chi connectivity index (χ4n) is 4.99. The molecule has 1 fully saturated rings. The lowest BCUT2D eigenvalue weighted by Gasteiger charge is -2.35. The fraction of sp³-hybridized carbons (Fsp3) is 0.345. The monoisotopic (exact) mass is 538 g/mol. The Hall–Kier alpha value is -3.89. The Bertz CT molecular complexity index is 1460. The third-order valence-corrected chi connectivity index (χ3v) is 7.32. The Kier molecular flexibility index (Phi) is 7.58. The van der Waals surface area contributed by atoms with Gasteiger partial charge in [0.25, 0.3) is 0 Å². The quantitative estimate of drug-likeness (QED) is 0.316. The highest BCUT2D eigenvalue weighted by molar-refractivity contribution is 5.78. The molecule has 4 aromatic rings. The first kappa shape index (κ1) is 26.7. The van der Waals surface area contributed by atoms with Gasteiger partial charge in [0.2, 0.25) is 0 Å². The number of aromatic nitrogens is 1. The van der Waals surface area contributed by atoms with Gasteiger partial charge >= 0.3 is 0 Å². The molecule has 0 amide bonds. The number of methoxy groups -OCH3 is 2. The summed E-state index contributed by atoms with van der Waals surface area (Å²) in [6.45, 7) is 7.25. The van der Waals surface area contributed by atoms with E-state index in [-0.39, 0.29) is 17.3 Å². The predicted octanol–water partition coefficient (Wildman–Crippen LogP) is 4.52. The second-order valence-electron chi connectivity index (χ2n) is 9.57. The number of piperazine rings is 1. The van der Waals surface area contributed by atoms with E-state index < -0.39 is 23.3 Å². The van der Waals surface area contributed by atoms with Gasteiger partial charge in [-0.1, -0.05) is 13.0 Å². The van der Waals surface area contributed by atoms with Crippen LogP contribution in [0.1, 0.15) is 35.6 Å². The summed E-state index contributed by atoms with van der Waals surface area (Å²) >= 11 is 0. The molecule has 10 heteroatoms. The molecule has 0 bridgehead atoms. The Morgan fingerprint density at radius 2 is 1.72 bits per heavy atom. The fourth-order valence-corrected chi connectivity index (χ4v) is 4.99. The van der Waals surface area contributed by atoms with E-state index in [1.807, 2.05) is 18.2 Å². The van der Waals surface area contributed by atoms with Gasteiger partial charge in [0.15, 0.2) is 28.7 Å². The predicted molar refractivity (Wildman–Crippen MR) is 146 cm³/mol. The van der Waals surface area contributed by atoms with Crippen LogP contribution in [0.4, 0.5) is 20.2 Å².